The molecule has 0 heterocycles. The molecule has 2 amide bonds. The van der Waals surface area contributed by atoms with Crippen molar-refractivity contribution in [1.29, 1.82) is 0 Å². The standard InChI is InChI=1S/C3H6N2O3.C2H6/c1-4-2(6)3(7)5-8;1-2/h8H,1H3,(H,4,6)(H,5,7);1-2H3. The van der Waals surface area contributed by atoms with E-state index in [1.165, 1.54) is 7.05 Å². The van der Waals surface area contributed by atoms with Crippen LogP contribution in [0.4, 0.5) is 0 Å². The van der Waals surface area contributed by atoms with Crippen LogP contribution in [0.15, 0.2) is 0 Å². The lowest BCUT2D eigenvalue weighted by molar-refractivity contribution is -0.143. The molecule has 0 rings (SSSR count). The van der Waals surface area contributed by atoms with Gasteiger partial charge in [-0.2, -0.15) is 0 Å². The van der Waals surface area contributed by atoms with Gasteiger partial charge in [0.15, 0.2) is 0 Å². The van der Waals surface area contributed by atoms with E-state index in [1.807, 2.05) is 19.2 Å². The molecule has 10 heavy (non-hydrogen) atoms. The Labute approximate surface area is 59.4 Å². The van der Waals surface area contributed by atoms with E-state index in [4.69, 9.17) is 5.21 Å². The highest BCUT2D eigenvalue weighted by molar-refractivity contribution is 6.34. The molecule has 0 aliphatic rings. The molecule has 0 aliphatic carbocycles. The predicted molar refractivity (Wildman–Crippen MR) is 35.3 cm³/mol. The van der Waals surface area contributed by atoms with Crippen molar-refractivity contribution >= 4 is 11.8 Å². The third-order valence-electron chi connectivity index (χ3n) is 0.535. The molecular formula is C5H12N2O3. The summed E-state index contributed by atoms with van der Waals surface area (Å²) in [6.45, 7) is 4.00. The molecule has 0 aromatic rings. The van der Waals surface area contributed by atoms with Crippen molar-refractivity contribution < 1.29 is 14.8 Å². The van der Waals surface area contributed by atoms with Gasteiger partial charge >= 0.3 is 11.8 Å². The van der Waals surface area contributed by atoms with Crippen LogP contribution < -0.4 is 10.8 Å². The molecule has 0 aromatic carbocycles. The smallest absolute Gasteiger partial charge is 0.332 e. The number of hydroxylamine groups is 1. The minimum absolute atomic E-state index is 0.868. The van der Waals surface area contributed by atoms with Gasteiger partial charge in [0.05, 0.1) is 0 Å². The van der Waals surface area contributed by atoms with Crippen LogP contribution in [0.3, 0.4) is 0 Å². The maximum atomic E-state index is 10.1. The summed E-state index contributed by atoms with van der Waals surface area (Å²) >= 11 is 0. The van der Waals surface area contributed by atoms with Crippen molar-refractivity contribution in [2.24, 2.45) is 0 Å². The number of carbonyl (C=O) groups excluding carboxylic acids is 2. The zero-order valence-corrected chi connectivity index (χ0v) is 6.26. The van der Waals surface area contributed by atoms with Gasteiger partial charge in [0, 0.05) is 7.05 Å². The molecule has 5 nitrogen and oxygen atoms in total. The summed E-state index contributed by atoms with van der Waals surface area (Å²) < 4.78 is 0. The summed E-state index contributed by atoms with van der Waals surface area (Å²) in [5.74, 6) is -1.93. The normalized spacial score (nSPS) is 6.80. The fraction of sp³-hybridized carbons (Fsp3) is 0.600. The molecular weight excluding hydrogens is 136 g/mol. The molecule has 0 atom stereocenters. The van der Waals surface area contributed by atoms with Crippen LogP contribution in [0.5, 0.6) is 0 Å². The lowest BCUT2D eigenvalue weighted by Gasteiger charge is -1.92. The van der Waals surface area contributed by atoms with Crippen molar-refractivity contribution in [3.05, 3.63) is 0 Å². The molecule has 0 aliphatic heterocycles. The molecule has 3 N–H and O–H groups in total. The fourth-order valence-electron chi connectivity index (χ4n) is 0.164. The topological polar surface area (TPSA) is 78.4 Å². The van der Waals surface area contributed by atoms with Crippen LogP contribution in [-0.2, 0) is 9.59 Å². The Bertz CT molecular complexity index is 99.5. The molecule has 60 valence electrons. The predicted octanol–water partition coefficient (Wildman–Crippen LogP) is -0.736. The van der Waals surface area contributed by atoms with Crippen LogP contribution >= 0.6 is 0 Å². The van der Waals surface area contributed by atoms with Gasteiger partial charge in [0.2, 0.25) is 0 Å². The van der Waals surface area contributed by atoms with Gasteiger partial charge in [-0.1, -0.05) is 13.8 Å². The van der Waals surface area contributed by atoms with E-state index >= 15 is 0 Å². The largest absolute Gasteiger partial charge is 0.351 e. The Kier molecular flexibility index (Phi) is 9.22. The van der Waals surface area contributed by atoms with Gasteiger partial charge in [-0.25, -0.2) is 5.48 Å². The summed E-state index contributed by atoms with van der Waals surface area (Å²) in [5, 5.41) is 9.78. The van der Waals surface area contributed by atoms with Gasteiger partial charge in [-0.15, -0.1) is 0 Å². The highest BCUT2D eigenvalue weighted by Gasteiger charge is 2.07. The fourth-order valence-corrected chi connectivity index (χ4v) is 0.164. The molecule has 0 saturated carbocycles. The summed E-state index contributed by atoms with van der Waals surface area (Å²) in [5.41, 5.74) is 1.16. The number of amides is 2. The number of hydrogen-bond acceptors (Lipinski definition) is 3. The average molecular weight is 148 g/mol. The van der Waals surface area contributed by atoms with E-state index < -0.39 is 11.8 Å². The average Bonchev–Trinajstić information content (AvgIpc) is 2.05. The second-order valence-corrected chi connectivity index (χ2v) is 1.02. The molecule has 0 radical (unpaired) electrons. The molecule has 0 spiro atoms. The molecule has 0 unspecified atom stereocenters. The Morgan fingerprint density at radius 1 is 1.20 bits per heavy atom. The Hall–Kier alpha value is -1.10. The summed E-state index contributed by atoms with van der Waals surface area (Å²) in [6.07, 6.45) is 0. The van der Waals surface area contributed by atoms with Crippen LogP contribution in [0.2, 0.25) is 0 Å². The number of hydrogen-bond donors (Lipinski definition) is 3. The summed E-state index contributed by atoms with van der Waals surface area (Å²) in [4.78, 5) is 20.0. The minimum Gasteiger partial charge on any atom is -0.351 e. The first-order valence-electron chi connectivity index (χ1n) is 2.88. The van der Waals surface area contributed by atoms with Crippen molar-refractivity contribution in [3.8, 4) is 0 Å². The number of likely N-dealkylation sites (N-methyl/N-ethyl adjacent to an activating group) is 1. The quantitative estimate of drug-likeness (QED) is 0.240. The maximum absolute atomic E-state index is 10.1. The number of carbonyl (C=O) groups is 2. The first-order valence-corrected chi connectivity index (χ1v) is 2.88. The van der Waals surface area contributed by atoms with E-state index in [-0.39, 0.29) is 0 Å². The first-order chi connectivity index (χ1) is 4.72. The van der Waals surface area contributed by atoms with Gasteiger partial charge < -0.3 is 5.32 Å². The molecule has 5 heteroatoms. The van der Waals surface area contributed by atoms with E-state index in [0.29, 0.717) is 0 Å². The van der Waals surface area contributed by atoms with Gasteiger partial charge in [0.1, 0.15) is 0 Å². The minimum atomic E-state index is -1.06. The zero-order chi connectivity index (χ0) is 8.57. The lowest BCUT2D eigenvalue weighted by atomic mass is 10.6. The molecule has 0 bridgehead atoms. The first kappa shape index (κ1) is 11.7. The summed E-state index contributed by atoms with van der Waals surface area (Å²) in [6, 6.07) is 0. The second kappa shape index (κ2) is 7.90. The van der Waals surface area contributed by atoms with E-state index in [1.54, 1.807) is 0 Å². The zero-order valence-electron chi connectivity index (χ0n) is 6.26. The van der Waals surface area contributed by atoms with Crippen molar-refractivity contribution in [1.82, 2.24) is 10.8 Å². The van der Waals surface area contributed by atoms with E-state index in [0.717, 1.165) is 5.48 Å². The Balaban J connectivity index is 0. The highest BCUT2D eigenvalue weighted by atomic mass is 16.5. The number of nitrogens with one attached hydrogen (secondary N) is 2. The number of rotatable bonds is 0. The molecule has 0 aromatic heterocycles. The molecule has 0 saturated heterocycles. The monoisotopic (exact) mass is 148 g/mol. The van der Waals surface area contributed by atoms with Crippen LogP contribution in [0.1, 0.15) is 13.8 Å². The van der Waals surface area contributed by atoms with Crippen molar-refractivity contribution in [2.75, 3.05) is 7.05 Å². The second-order valence-electron chi connectivity index (χ2n) is 1.02. The van der Waals surface area contributed by atoms with Gasteiger partial charge in [-0.3, -0.25) is 14.8 Å². The van der Waals surface area contributed by atoms with Crippen LogP contribution in [0.25, 0.3) is 0 Å². The molecule has 0 fully saturated rings. The SMILES string of the molecule is CC.CNC(=O)C(=O)NO. The van der Waals surface area contributed by atoms with Crippen molar-refractivity contribution in [2.45, 2.75) is 13.8 Å². The van der Waals surface area contributed by atoms with Gasteiger partial charge in [0.25, 0.3) is 0 Å². The lowest BCUT2D eigenvalue weighted by Crippen LogP contribution is -2.36. The Morgan fingerprint density at radius 2 is 1.60 bits per heavy atom. The van der Waals surface area contributed by atoms with Crippen LogP contribution in [0, 0.1) is 0 Å². The van der Waals surface area contributed by atoms with Crippen molar-refractivity contribution in [3.63, 3.8) is 0 Å². The maximum Gasteiger partial charge on any atom is 0.332 e. The highest BCUT2D eigenvalue weighted by Crippen LogP contribution is 1.59. The van der Waals surface area contributed by atoms with Gasteiger partial charge in [-0.05, 0) is 0 Å². The third-order valence-corrected chi connectivity index (χ3v) is 0.535. The third kappa shape index (κ3) is 5.04. The van der Waals surface area contributed by atoms with E-state index in [9.17, 15) is 9.59 Å². The Morgan fingerprint density at radius 3 is 1.70 bits per heavy atom. The summed E-state index contributed by atoms with van der Waals surface area (Å²) in [7, 11) is 1.29. The van der Waals surface area contributed by atoms with E-state index in [2.05, 4.69) is 0 Å². The van der Waals surface area contributed by atoms with Crippen LogP contribution in [-0.4, -0.2) is 24.1 Å².